The smallest absolute Gasteiger partial charge is 0.134 e. The molecule has 1 aromatic carbocycles. The highest BCUT2D eigenvalue weighted by atomic mass is 79.9. The number of halogens is 1. The Hall–Kier alpha value is -0.580. The first-order chi connectivity index (χ1) is 8.08. The number of rotatable bonds is 2. The molecule has 1 heterocycles. The number of para-hydroxylation sites is 1. The van der Waals surface area contributed by atoms with E-state index in [2.05, 4.69) is 34.7 Å². The molecule has 1 fully saturated rings. The maximum absolute atomic E-state index is 9.98. The van der Waals surface area contributed by atoms with Crippen molar-refractivity contribution >= 4 is 15.9 Å². The monoisotopic (exact) mass is 299 g/mol. The summed E-state index contributed by atoms with van der Waals surface area (Å²) < 4.78 is 6.35. The van der Waals surface area contributed by atoms with Gasteiger partial charge < -0.3 is 9.84 Å². The van der Waals surface area contributed by atoms with Crippen LogP contribution >= 0.6 is 15.9 Å². The molecule has 2 atom stereocenters. The first kappa shape index (κ1) is 12.9. The summed E-state index contributed by atoms with van der Waals surface area (Å²) in [5, 5.41) is 9.98. The SMILES string of the molecule is CC1CN(Cc2cccc(Br)c2O)C(C)CO1. The first-order valence-corrected chi connectivity index (χ1v) is 6.69. The second-order valence-corrected chi connectivity index (χ2v) is 5.52. The van der Waals surface area contributed by atoms with E-state index in [-0.39, 0.29) is 6.10 Å². The molecule has 0 amide bonds. The lowest BCUT2D eigenvalue weighted by atomic mass is 10.1. The third kappa shape index (κ3) is 3.00. The topological polar surface area (TPSA) is 32.7 Å². The van der Waals surface area contributed by atoms with Crippen molar-refractivity contribution in [3.05, 3.63) is 28.2 Å². The molecule has 0 aromatic heterocycles. The summed E-state index contributed by atoms with van der Waals surface area (Å²) in [5.41, 5.74) is 0.959. The second kappa shape index (κ2) is 5.38. The second-order valence-electron chi connectivity index (χ2n) is 4.67. The van der Waals surface area contributed by atoms with Gasteiger partial charge in [0.2, 0.25) is 0 Å². The van der Waals surface area contributed by atoms with E-state index in [4.69, 9.17) is 4.74 Å². The van der Waals surface area contributed by atoms with Gasteiger partial charge in [0.05, 0.1) is 17.2 Å². The summed E-state index contributed by atoms with van der Waals surface area (Å²) in [5.74, 6) is 0.346. The van der Waals surface area contributed by atoms with E-state index in [9.17, 15) is 5.11 Å². The number of hydrogen-bond donors (Lipinski definition) is 1. The molecular formula is C13H18BrNO2. The minimum Gasteiger partial charge on any atom is -0.506 e. The number of hydrogen-bond acceptors (Lipinski definition) is 3. The van der Waals surface area contributed by atoms with E-state index in [0.717, 1.165) is 29.7 Å². The van der Waals surface area contributed by atoms with Gasteiger partial charge in [-0.15, -0.1) is 0 Å². The highest BCUT2D eigenvalue weighted by Gasteiger charge is 2.24. The molecule has 0 aliphatic carbocycles. The standard InChI is InChI=1S/C13H18BrNO2/c1-9-8-17-10(2)6-15(9)7-11-4-3-5-12(14)13(11)16/h3-5,9-10,16H,6-8H2,1-2H3. The fourth-order valence-corrected chi connectivity index (χ4v) is 2.51. The molecule has 0 radical (unpaired) electrons. The first-order valence-electron chi connectivity index (χ1n) is 5.90. The van der Waals surface area contributed by atoms with Crippen molar-refractivity contribution in [1.29, 1.82) is 0 Å². The molecule has 1 saturated heterocycles. The summed E-state index contributed by atoms with van der Waals surface area (Å²) >= 11 is 3.34. The predicted octanol–water partition coefficient (Wildman–Crippen LogP) is 2.76. The minimum atomic E-state index is 0.264. The van der Waals surface area contributed by atoms with Crippen molar-refractivity contribution in [2.24, 2.45) is 0 Å². The van der Waals surface area contributed by atoms with Crippen LogP contribution in [0.5, 0.6) is 5.75 Å². The number of phenolic OH excluding ortho intramolecular Hbond substituents is 1. The van der Waals surface area contributed by atoms with E-state index in [0.29, 0.717) is 11.8 Å². The molecular weight excluding hydrogens is 282 g/mol. The van der Waals surface area contributed by atoms with Crippen LogP contribution in [0.25, 0.3) is 0 Å². The summed E-state index contributed by atoms with van der Waals surface area (Å²) in [7, 11) is 0. The minimum absolute atomic E-state index is 0.264. The van der Waals surface area contributed by atoms with Gasteiger partial charge in [-0.25, -0.2) is 0 Å². The van der Waals surface area contributed by atoms with Gasteiger partial charge in [-0.2, -0.15) is 0 Å². The number of aromatic hydroxyl groups is 1. The average molecular weight is 300 g/mol. The lowest BCUT2D eigenvalue weighted by Crippen LogP contribution is -2.46. The number of nitrogens with zero attached hydrogens (tertiary/aromatic N) is 1. The maximum atomic E-state index is 9.98. The number of morpholine rings is 1. The maximum Gasteiger partial charge on any atom is 0.134 e. The molecule has 1 aliphatic rings. The van der Waals surface area contributed by atoms with Crippen LogP contribution in [0, 0.1) is 0 Å². The molecule has 1 aliphatic heterocycles. The van der Waals surface area contributed by atoms with Gasteiger partial charge in [0.1, 0.15) is 5.75 Å². The van der Waals surface area contributed by atoms with Gasteiger partial charge in [0.15, 0.2) is 0 Å². The predicted molar refractivity (Wildman–Crippen MR) is 71.1 cm³/mol. The largest absolute Gasteiger partial charge is 0.506 e. The van der Waals surface area contributed by atoms with Crippen LogP contribution in [0.1, 0.15) is 19.4 Å². The van der Waals surface area contributed by atoms with Gasteiger partial charge in [0, 0.05) is 24.7 Å². The Balaban J connectivity index is 2.11. The third-order valence-corrected chi connectivity index (χ3v) is 3.82. The quantitative estimate of drug-likeness (QED) is 0.911. The van der Waals surface area contributed by atoms with Crippen LogP contribution in [0.3, 0.4) is 0 Å². The van der Waals surface area contributed by atoms with Gasteiger partial charge in [0.25, 0.3) is 0 Å². The fraction of sp³-hybridized carbons (Fsp3) is 0.538. The van der Waals surface area contributed by atoms with Gasteiger partial charge in [-0.05, 0) is 35.8 Å². The Morgan fingerprint density at radius 2 is 2.24 bits per heavy atom. The zero-order valence-electron chi connectivity index (χ0n) is 10.2. The molecule has 1 aromatic rings. The summed E-state index contributed by atoms with van der Waals surface area (Å²) in [6.07, 6.45) is 0.264. The highest BCUT2D eigenvalue weighted by Crippen LogP contribution is 2.29. The van der Waals surface area contributed by atoms with Crippen LogP contribution in [0.15, 0.2) is 22.7 Å². The molecule has 2 rings (SSSR count). The van der Waals surface area contributed by atoms with Crippen molar-refractivity contribution in [1.82, 2.24) is 4.90 Å². The van der Waals surface area contributed by atoms with Gasteiger partial charge in [-0.1, -0.05) is 12.1 Å². The highest BCUT2D eigenvalue weighted by molar-refractivity contribution is 9.10. The molecule has 1 N–H and O–H groups in total. The van der Waals surface area contributed by atoms with Crippen LogP contribution in [0.4, 0.5) is 0 Å². The molecule has 2 unspecified atom stereocenters. The average Bonchev–Trinajstić information content (AvgIpc) is 2.30. The normalized spacial score (nSPS) is 26.1. The zero-order chi connectivity index (χ0) is 12.4. The third-order valence-electron chi connectivity index (χ3n) is 3.18. The van der Waals surface area contributed by atoms with E-state index in [1.165, 1.54) is 0 Å². The Kier molecular flexibility index (Phi) is 4.07. The van der Waals surface area contributed by atoms with Crippen molar-refractivity contribution < 1.29 is 9.84 Å². The molecule has 0 saturated carbocycles. The Morgan fingerprint density at radius 3 is 3.00 bits per heavy atom. The van der Waals surface area contributed by atoms with Crippen LogP contribution < -0.4 is 0 Å². The Bertz CT molecular complexity index is 397. The van der Waals surface area contributed by atoms with Crippen molar-refractivity contribution in [2.45, 2.75) is 32.5 Å². The molecule has 94 valence electrons. The van der Waals surface area contributed by atoms with Crippen molar-refractivity contribution in [3.8, 4) is 5.75 Å². The fourth-order valence-electron chi connectivity index (χ4n) is 2.10. The summed E-state index contributed by atoms with van der Waals surface area (Å²) in [6.45, 7) is 6.67. The van der Waals surface area contributed by atoms with E-state index in [1.54, 1.807) is 0 Å². The van der Waals surface area contributed by atoms with Crippen LogP contribution in [0.2, 0.25) is 0 Å². The molecule has 0 bridgehead atoms. The van der Waals surface area contributed by atoms with Crippen molar-refractivity contribution in [2.75, 3.05) is 13.2 Å². The van der Waals surface area contributed by atoms with E-state index in [1.807, 2.05) is 18.2 Å². The lowest BCUT2D eigenvalue weighted by Gasteiger charge is -2.36. The molecule has 17 heavy (non-hydrogen) atoms. The zero-order valence-corrected chi connectivity index (χ0v) is 11.8. The Labute approximate surface area is 111 Å². The lowest BCUT2D eigenvalue weighted by molar-refractivity contribution is -0.0528. The van der Waals surface area contributed by atoms with E-state index < -0.39 is 0 Å². The Morgan fingerprint density at radius 1 is 1.47 bits per heavy atom. The van der Waals surface area contributed by atoms with Crippen molar-refractivity contribution in [3.63, 3.8) is 0 Å². The molecule has 4 heteroatoms. The number of ether oxygens (including phenoxy) is 1. The summed E-state index contributed by atoms with van der Waals surface area (Å²) in [4.78, 5) is 2.34. The summed E-state index contributed by atoms with van der Waals surface area (Å²) in [6, 6.07) is 6.16. The van der Waals surface area contributed by atoms with Crippen LogP contribution in [-0.2, 0) is 11.3 Å². The van der Waals surface area contributed by atoms with E-state index >= 15 is 0 Å². The van der Waals surface area contributed by atoms with Gasteiger partial charge in [-0.3, -0.25) is 4.90 Å². The number of benzene rings is 1. The molecule has 3 nitrogen and oxygen atoms in total. The van der Waals surface area contributed by atoms with Crippen LogP contribution in [-0.4, -0.2) is 35.3 Å². The molecule has 0 spiro atoms. The number of phenols is 1. The van der Waals surface area contributed by atoms with Gasteiger partial charge >= 0.3 is 0 Å².